The minimum absolute atomic E-state index is 0.227. The molecule has 0 aliphatic heterocycles. The highest BCUT2D eigenvalue weighted by Crippen LogP contribution is 2.28. The van der Waals surface area contributed by atoms with E-state index in [2.05, 4.69) is 10.5 Å². The van der Waals surface area contributed by atoms with Crippen molar-refractivity contribution in [1.82, 2.24) is 0 Å². The lowest BCUT2D eigenvalue weighted by atomic mass is 10.2. The summed E-state index contributed by atoms with van der Waals surface area (Å²) < 4.78 is 42.8. The van der Waals surface area contributed by atoms with Crippen LogP contribution in [0.3, 0.4) is 0 Å². The first-order valence-corrected chi connectivity index (χ1v) is 10.7. The van der Waals surface area contributed by atoms with Crippen LogP contribution in [0.1, 0.15) is 21.5 Å². The average Bonchev–Trinajstić information content (AvgIpc) is 2.78. The van der Waals surface area contributed by atoms with Crippen LogP contribution in [0.25, 0.3) is 0 Å². The number of nitrogens with one attached hydrogen (secondary N) is 1. The number of hydrogen-bond acceptors (Lipinski definition) is 7. The van der Waals surface area contributed by atoms with Crippen molar-refractivity contribution in [3.8, 4) is 11.5 Å². The van der Waals surface area contributed by atoms with Gasteiger partial charge in [0.05, 0.1) is 24.6 Å². The lowest BCUT2D eigenvalue weighted by Gasteiger charge is -2.11. The van der Waals surface area contributed by atoms with Crippen molar-refractivity contribution < 1.29 is 36.9 Å². The van der Waals surface area contributed by atoms with E-state index in [1.807, 2.05) is 48.5 Å². The van der Waals surface area contributed by atoms with E-state index in [4.69, 9.17) is 32.1 Å². The van der Waals surface area contributed by atoms with Gasteiger partial charge >= 0.3 is 16.4 Å². The Morgan fingerprint density at radius 3 is 2.21 bits per heavy atom. The van der Waals surface area contributed by atoms with E-state index in [9.17, 15) is 4.79 Å². The van der Waals surface area contributed by atoms with E-state index in [1.165, 1.54) is 12.1 Å². The summed E-state index contributed by atoms with van der Waals surface area (Å²) in [6, 6.07) is 21.8. The van der Waals surface area contributed by atoms with Gasteiger partial charge < -0.3 is 14.6 Å². The summed E-state index contributed by atoms with van der Waals surface area (Å²) in [4.78, 5) is 10.9. The number of rotatable bonds is 8. The third-order valence-electron chi connectivity index (χ3n) is 3.96. The fourth-order valence-electron chi connectivity index (χ4n) is 2.49. The van der Waals surface area contributed by atoms with Gasteiger partial charge in [0.15, 0.2) is 11.5 Å². The zero-order chi connectivity index (χ0) is 24.3. The molecule has 3 rings (SSSR count). The van der Waals surface area contributed by atoms with E-state index >= 15 is 0 Å². The topological polar surface area (TPSA) is 155 Å². The normalized spacial score (nSPS) is 10.8. The van der Waals surface area contributed by atoms with Crippen LogP contribution in [0.5, 0.6) is 11.5 Å². The zero-order valence-corrected chi connectivity index (χ0v) is 18.3. The third-order valence-corrected chi connectivity index (χ3v) is 3.96. The molecule has 10 nitrogen and oxygen atoms in total. The van der Waals surface area contributed by atoms with Crippen molar-refractivity contribution in [2.75, 3.05) is 12.5 Å². The van der Waals surface area contributed by atoms with Crippen LogP contribution in [0, 0.1) is 0 Å². The van der Waals surface area contributed by atoms with Gasteiger partial charge in [0.1, 0.15) is 6.61 Å². The number of hydrogen-bond donors (Lipinski definition) is 4. The molecule has 0 spiro atoms. The van der Waals surface area contributed by atoms with E-state index in [-0.39, 0.29) is 5.56 Å². The molecule has 0 aliphatic rings. The Balaban J connectivity index is 0.000000696. The molecule has 3 aromatic carbocycles. The van der Waals surface area contributed by atoms with Gasteiger partial charge in [-0.3, -0.25) is 14.5 Å². The maximum Gasteiger partial charge on any atom is 0.394 e. The number of carbonyl (C=O) groups is 1. The standard InChI is InChI=1S/C22H20N2O4.H2O4S/c1-27-20-12-7-17(13-21(20)28-15-16-5-3-2-4-6-16)14-23-24-19-10-8-18(9-11-19)22(25)26;1-5(2,3)4/h2-14,24H,15H2,1H3,(H,25,26);(H2,1,2,3,4). The van der Waals surface area contributed by atoms with Gasteiger partial charge in [-0.2, -0.15) is 13.5 Å². The van der Waals surface area contributed by atoms with Crippen LogP contribution in [-0.4, -0.2) is 41.9 Å². The van der Waals surface area contributed by atoms with Gasteiger partial charge in [0.25, 0.3) is 0 Å². The Morgan fingerprint density at radius 2 is 1.64 bits per heavy atom. The number of carboxylic acid groups (broad SMARTS) is 1. The van der Waals surface area contributed by atoms with Crippen molar-refractivity contribution in [3.63, 3.8) is 0 Å². The largest absolute Gasteiger partial charge is 0.493 e. The average molecular weight is 474 g/mol. The Kier molecular flexibility index (Phi) is 9.36. The third kappa shape index (κ3) is 9.82. The summed E-state index contributed by atoms with van der Waals surface area (Å²) in [5, 5.41) is 13.1. The fourth-order valence-corrected chi connectivity index (χ4v) is 2.49. The highest BCUT2D eigenvalue weighted by molar-refractivity contribution is 7.79. The predicted molar refractivity (Wildman–Crippen MR) is 123 cm³/mol. The molecule has 0 saturated carbocycles. The van der Waals surface area contributed by atoms with Crippen molar-refractivity contribution in [3.05, 3.63) is 89.5 Å². The smallest absolute Gasteiger partial charge is 0.394 e. The molecule has 0 amide bonds. The molecule has 0 heterocycles. The SMILES string of the molecule is COc1ccc(C=NNc2ccc(C(=O)O)cc2)cc1OCc1ccccc1.O=S(=O)(O)O. The van der Waals surface area contributed by atoms with Crippen molar-refractivity contribution >= 4 is 28.3 Å². The summed E-state index contributed by atoms with van der Waals surface area (Å²) in [7, 11) is -3.07. The lowest BCUT2D eigenvalue weighted by Crippen LogP contribution is -1.99. The van der Waals surface area contributed by atoms with E-state index in [0.29, 0.717) is 23.8 Å². The molecule has 11 heteroatoms. The summed E-state index contributed by atoms with van der Waals surface area (Å²) in [6.45, 7) is 0.436. The first kappa shape index (κ1) is 25.3. The highest BCUT2D eigenvalue weighted by atomic mass is 32.3. The van der Waals surface area contributed by atoms with E-state index < -0.39 is 16.4 Å². The maximum absolute atomic E-state index is 10.9. The van der Waals surface area contributed by atoms with Crippen LogP contribution < -0.4 is 14.9 Å². The summed E-state index contributed by atoms with van der Waals surface area (Å²) >= 11 is 0. The van der Waals surface area contributed by atoms with Crippen LogP contribution in [0.2, 0.25) is 0 Å². The van der Waals surface area contributed by atoms with Crippen LogP contribution in [0.15, 0.2) is 77.9 Å². The van der Waals surface area contributed by atoms with Gasteiger partial charge in [-0.25, -0.2) is 4.79 Å². The van der Waals surface area contributed by atoms with Crippen LogP contribution >= 0.6 is 0 Å². The highest BCUT2D eigenvalue weighted by Gasteiger charge is 2.06. The zero-order valence-electron chi connectivity index (χ0n) is 17.5. The Bertz CT molecular complexity index is 1170. The lowest BCUT2D eigenvalue weighted by molar-refractivity contribution is 0.0697. The van der Waals surface area contributed by atoms with Crippen molar-refractivity contribution in [1.29, 1.82) is 0 Å². The molecule has 0 unspecified atom stereocenters. The number of carboxylic acids is 1. The first-order chi connectivity index (χ1) is 15.7. The Morgan fingerprint density at radius 1 is 1.00 bits per heavy atom. The molecular weight excluding hydrogens is 452 g/mol. The molecule has 0 bridgehead atoms. The maximum atomic E-state index is 10.9. The molecule has 0 aliphatic carbocycles. The molecule has 0 atom stereocenters. The van der Waals surface area contributed by atoms with Gasteiger partial charge in [-0.05, 0) is 53.6 Å². The fraction of sp³-hybridized carbons (Fsp3) is 0.0909. The van der Waals surface area contributed by atoms with Crippen LogP contribution in [0.4, 0.5) is 5.69 Å². The monoisotopic (exact) mass is 474 g/mol. The summed E-state index contributed by atoms with van der Waals surface area (Å²) in [6.07, 6.45) is 1.65. The number of methoxy groups -OCH3 is 1. The molecule has 0 fully saturated rings. The number of ether oxygens (including phenoxy) is 2. The van der Waals surface area contributed by atoms with Crippen molar-refractivity contribution in [2.45, 2.75) is 6.61 Å². The minimum Gasteiger partial charge on any atom is -0.493 e. The van der Waals surface area contributed by atoms with Gasteiger partial charge in [0, 0.05) is 0 Å². The Labute approximate surface area is 190 Å². The Hall–Kier alpha value is -3.93. The number of hydrazone groups is 1. The van der Waals surface area contributed by atoms with E-state index in [1.54, 1.807) is 25.5 Å². The number of benzene rings is 3. The van der Waals surface area contributed by atoms with Crippen molar-refractivity contribution in [2.24, 2.45) is 5.10 Å². The van der Waals surface area contributed by atoms with Gasteiger partial charge in [-0.15, -0.1) is 0 Å². The van der Waals surface area contributed by atoms with Gasteiger partial charge in [0.2, 0.25) is 0 Å². The summed E-state index contributed by atoms with van der Waals surface area (Å²) in [5.74, 6) is 0.308. The number of nitrogens with zero attached hydrogens (tertiary/aromatic N) is 1. The molecule has 33 heavy (non-hydrogen) atoms. The van der Waals surface area contributed by atoms with Gasteiger partial charge in [-0.1, -0.05) is 30.3 Å². The second kappa shape index (κ2) is 12.2. The molecule has 0 aromatic heterocycles. The minimum atomic E-state index is -4.67. The quantitative estimate of drug-likeness (QED) is 0.217. The number of aromatic carboxylic acids is 1. The molecule has 0 radical (unpaired) electrons. The first-order valence-electron chi connectivity index (χ1n) is 9.33. The molecule has 0 saturated heterocycles. The number of anilines is 1. The molecule has 174 valence electrons. The molecular formula is C22H22N2O8S. The summed E-state index contributed by atoms with van der Waals surface area (Å²) in [5.41, 5.74) is 5.68. The molecule has 3 aromatic rings. The second-order valence-electron chi connectivity index (χ2n) is 6.38. The second-order valence-corrected chi connectivity index (χ2v) is 7.28. The molecule has 4 N–H and O–H groups in total. The van der Waals surface area contributed by atoms with E-state index in [0.717, 1.165) is 11.1 Å². The predicted octanol–water partition coefficient (Wildman–Crippen LogP) is 3.77. The van der Waals surface area contributed by atoms with Crippen LogP contribution in [-0.2, 0) is 17.0 Å².